The van der Waals surface area contributed by atoms with Gasteiger partial charge in [-0.2, -0.15) is 11.3 Å². The Morgan fingerprint density at radius 1 is 1.73 bits per heavy atom. The van der Waals surface area contributed by atoms with E-state index in [0.717, 1.165) is 5.56 Å². The fourth-order valence-electron chi connectivity index (χ4n) is 1.10. The van der Waals surface area contributed by atoms with Crippen LogP contribution in [0.1, 0.15) is 18.4 Å². The van der Waals surface area contributed by atoms with E-state index in [1.165, 1.54) is 0 Å². The van der Waals surface area contributed by atoms with Gasteiger partial charge in [0.2, 0.25) is 0 Å². The molecule has 3 N–H and O–H groups in total. The summed E-state index contributed by atoms with van der Waals surface area (Å²) in [5, 5.41) is 12.7. The van der Waals surface area contributed by atoms with Crippen molar-refractivity contribution in [1.82, 2.24) is 0 Å². The zero-order valence-corrected chi connectivity index (χ0v) is 9.11. The monoisotopic (exact) mass is 226 g/mol. The molecule has 0 bridgehead atoms. The normalized spacial score (nSPS) is 13.1. The molecule has 0 aliphatic carbocycles. The molecule has 0 aliphatic heterocycles. The molecule has 0 aromatic carbocycles. The zero-order valence-electron chi connectivity index (χ0n) is 8.30. The van der Waals surface area contributed by atoms with Crippen LogP contribution in [0.3, 0.4) is 0 Å². The molecule has 1 atom stereocenters. The number of nitrogens with zero attached hydrogens (tertiary/aromatic N) is 1. The van der Waals surface area contributed by atoms with Crippen molar-refractivity contribution in [2.24, 2.45) is 10.7 Å². The topological polar surface area (TPSA) is 75.7 Å². The number of hydrogen-bond donors (Lipinski definition) is 2. The lowest BCUT2D eigenvalue weighted by Crippen LogP contribution is -2.19. The predicted octanol–water partition coefficient (Wildman–Crippen LogP) is 1.36. The van der Waals surface area contributed by atoms with Crippen LogP contribution in [0.15, 0.2) is 21.8 Å². The minimum Gasteiger partial charge on any atom is -0.480 e. The Hall–Kier alpha value is -1.20. The van der Waals surface area contributed by atoms with Crippen molar-refractivity contribution in [2.75, 3.05) is 6.54 Å². The number of rotatable bonds is 6. The van der Waals surface area contributed by atoms with Crippen LogP contribution in [-0.4, -0.2) is 29.9 Å². The van der Waals surface area contributed by atoms with Gasteiger partial charge in [-0.25, -0.2) is 4.79 Å². The Morgan fingerprint density at radius 3 is 3.07 bits per heavy atom. The predicted molar refractivity (Wildman–Crippen MR) is 61.6 cm³/mol. The lowest BCUT2D eigenvalue weighted by molar-refractivity contribution is -0.138. The van der Waals surface area contributed by atoms with Crippen molar-refractivity contribution in [3.63, 3.8) is 0 Å². The Labute approximate surface area is 92.5 Å². The second kappa shape index (κ2) is 6.31. The van der Waals surface area contributed by atoms with Crippen LogP contribution in [0.5, 0.6) is 0 Å². The molecular weight excluding hydrogens is 212 g/mol. The average molecular weight is 226 g/mol. The Balaban J connectivity index is 2.54. The first-order valence-electron chi connectivity index (χ1n) is 4.72. The van der Waals surface area contributed by atoms with Gasteiger partial charge in [-0.3, -0.25) is 4.99 Å². The van der Waals surface area contributed by atoms with Crippen molar-refractivity contribution in [3.8, 4) is 0 Å². The highest BCUT2D eigenvalue weighted by molar-refractivity contribution is 7.08. The van der Waals surface area contributed by atoms with E-state index in [1.807, 2.05) is 16.8 Å². The Bertz CT molecular complexity index is 322. The molecule has 82 valence electrons. The van der Waals surface area contributed by atoms with Crippen molar-refractivity contribution in [2.45, 2.75) is 18.9 Å². The fraction of sp³-hybridized carbons (Fsp3) is 0.400. The number of aliphatic carboxylic acids is 1. The molecule has 0 saturated heterocycles. The maximum absolute atomic E-state index is 10.8. The van der Waals surface area contributed by atoms with Gasteiger partial charge in [0.1, 0.15) is 6.04 Å². The summed E-state index contributed by atoms with van der Waals surface area (Å²) in [5.74, 6) is -0.894. The number of hydrogen-bond acceptors (Lipinski definition) is 4. The van der Waals surface area contributed by atoms with Gasteiger partial charge in [0.05, 0.1) is 0 Å². The molecule has 1 aromatic rings. The first kappa shape index (κ1) is 11.9. The largest absolute Gasteiger partial charge is 0.480 e. The molecule has 15 heavy (non-hydrogen) atoms. The van der Waals surface area contributed by atoms with Crippen LogP contribution < -0.4 is 5.73 Å². The Morgan fingerprint density at radius 2 is 2.53 bits per heavy atom. The van der Waals surface area contributed by atoms with E-state index in [4.69, 9.17) is 10.8 Å². The maximum Gasteiger partial charge on any atom is 0.328 e. The summed E-state index contributed by atoms with van der Waals surface area (Å²) in [5.41, 5.74) is 6.27. The van der Waals surface area contributed by atoms with Gasteiger partial charge >= 0.3 is 5.97 Å². The van der Waals surface area contributed by atoms with Gasteiger partial charge in [-0.1, -0.05) is 0 Å². The number of carboxylic acid groups (broad SMARTS) is 1. The van der Waals surface area contributed by atoms with Gasteiger partial charge in [-0.05, 0) is 36.2 Å². The molecular formula is C10H14N2O2S. The van der Waals surface area contributed by atoms with Gasteiger partial charge in [0, 0.05) is 11.8 Å². The molecule has 1 rings (SSSR count). The smallest absolute Gasteiger partial charge is 0.328 e. The lowest BCUT2D eigenvalue weighted by atomic mass is 10.1. The standard InChI is InChI=1S/C10H14N2O2S/c11-4-1-2-9(10(13)14)12-6-8-3-5-15-7-8/h3,5-7,9H,1-2,4,11H2,(H,13,14)/t9-/m0/s1. The minimum absolute atomic E-state index is 0.493. The summed E-state index contributed by atoms with van der Waals surface area (Å²) in [4.78, 5) is 14.8. The van der Waals surface area contributed by atoms with Gasteiger partial charge in [0.25, 0.3) is 0 Å². The molecule has 1 heterocycles. The summed E-state index contributed by atoms with van der Waals surface area (Å²) in [6, 6.07) is 1.23. The average Bonchev–Trinajstić information content (AvgIpc) is 2.70. The van der Waals surface area contributed by atoms with Crippen LogP contribution in [0, 0.1) is 0 Å². The maximum atomic E-state index is 10.8. The highest BCUT2D eigenvalue weighted by Crippen LogP contribution is 2.06. The van der Waals surface area contributed by atoms with E-state index in [2.05, 4.69) is 4.99 Å². The molecule has 0 radical (unpaired) electrons. The molecule has 1 aromatic heterocycles. The highest BCUT2D eigenvalue weighted by Gasteiger charge is 2.13. The first-order valence-corrected chi connectivity index (χ1v) is 5.66. The summed E-state index contributed by atoms with van der Waals surface area (Å²) in [6.07, 6.45) is 2.77. The van der Waals surface area contributed by atoms with Crippen LogP contribution in [-0.2, 0) is 4.79 Å². The minimum atomic E-state index is -0.894. The molecule has 0 aliphatic rings. The van der Waals surface area contributed by atoms with E-state index < -0.39 is 12.0 Å². The number of aliphatic imine (C=N–C) groups is 1. The summed E-state index contributed by atoms with van der Waals surface area (Å²) >= 11 is 1.56. The Kier molecular flexibility index (Phi) is 5.00. The second-order valence-corrected chi connectivity index (χ2v) is 3.90. The van der Waals surface area contributed by atoms with Gasteiger partial charge in [-0.15, -0.1) is 0 Å². The number of carbonyl (C=O) groups is 1. The number of carboxylic acids is 1. The van der Waals surface area contributed by atoms with Crippen molar-refractivity contribution in [3.05, 3.63) is 22.4 Å². The molecule has 4 nitrogen and oxygen atoms in total. The fourth-order valence-corrected chi connectivity index (χ4v) is 1.71. The molecule has 0 unspecified atom stereocenters. The van der Waals surface area contributed by atoms with Crippen molar-refractivity contribution >= 4 is 23.5 Å². The summed E-state index contributed by atoms with van der Waals surface area (Å²) in [7, 11) is 0. The number of thiophene rings is 1. The highest BCUT2D eigenvalue weighted by atomic mass is 32.1. The third kappa shape index (κ3) is 4.22. The van der Waals surface area contributed by atoms with Crippen LogP contribution in [0.2, 0.25) is 0 Å². The third-order valence-electron chi connectivity index (χ3n) is 1.91. The molecule has 0 fully saturated rings. The van der Waals surface area contributed by atoms with E-state index in [0.29, 0.717) is 19.4 Å². The third-order valence-corrected chi connectivity index (χ3v) is 2.61. The molecule has 0 amide bonds. The van der Waals surface area contributed by atoms with Crippen LogP contribution in [0.4, 0.5) is 0 Å². The SMILES string of the molecule is NCCC[C@H](N=Cc1ccsc1)C(=O)O. The lowest BCUT2D eigenvalue weighted by Gasteiger charge is -2.05. The van der Waals surface area contributed by atoms with Gasteiger partial charge < -0.3 is 10.8 Å². The molecule has 0 spiro atoms. The first-order chi connectivity index (χ1) is 7.24. The van der Waals surface area contributed by atoms with E-state index in [1.54, 1.807) is 17.6 Å². The van der Waals surface area contributed by atoms with Crippen LogP contribution in [0.25, 0.3) is 0 Å². The van der Waals surface area contributed by atoms with Crippen molar-refractivity contribution in [1.29, 1.82) is 0 Å². The molecule has 5 heteroatoms. The summed E-state index contributed by atoms with van der Waals surface area (Å²) in [6.45, 7) is 0.498. The van der Waals surface area contributed by atoms with Crippen LogP contribution >= 0.6 is 11.3 Å². The van der Waals surface area contributed by atoms with E-state index in [9.17, 15) is 4.79 Å². The van der Waals surface area contributed by atoms with Crippen molar-refractivity contribution < 1.29 is 9.90 Å². The zero-order chi connectivity index (χ0) is 11.1. The van der Waals surface area contributed by atoms with E-state index in [-0.39, 0.29) is 0 Å². The quantitative estimate of drug-likeness (QED) is 0.719. The number of nitrogens with two attached hydrogens (primary N) is 1. The summed E-state index contributed by atoms with van der Waals surface area (Å²) < 4.78 is 0. The van der Waals surface area contributed by atoms with Gasteiger partial charge in [0.15, 0.2) is 0 Å². The molecule has 0 saturated carbocycles. The second-order valence-electron chi connectivity index (χ2n) is 3.12. The van der Waals surface area contributed by atoms with E-state index >= 15 is 0 Å².